The van der Waals surface area contributed by atoms with Gasteiger partial charge in [-0.2, -0.15) is 0 Å². The molecule has 3 heteroatoms. The molecule has 20 heavy (non-hydrogen) atoms. The third-order valence-electron chi connectivity index (χ3n) is 5.57. The quantitative estimate of drug-likeness (QED) is 0.583. The number of rotatable bonds is 0. The van der Waals surface area contributed by atoms with Crippen LogP contribution in [0.3, 0.4) is 0 Å². The average Bonchev–Trinajstić information content (AvgIpc) is 2.40. The van der Waals surface area contributed by atoms with E-state index >= 15 is 0 Å². The van der Waals surface area contributed by atoms with E-state index in [1.165, 1.54) is 19.3 Å². The van der Waals surface area contributed by atoms with E-state index in [4.69, 9.17) is 4.74 Å². The van der Waals surface area contributed by atoms with E-state index in [-0.39, 0.29) is 17.8 Å². The summed E-state index contributed by atoms with van der Waals surface area (Å²) < 4.78 is 5.45. The van der Waals surface area contributed by atoms with Gasteiger partial charge in [0.1, 0.15) is 11.4 Å². The maximum atomic E-state index is 12.3. The number of ether oxygens (including phenoxy) is 1. The molecule has 0 saturated heterocycles. The molecule has 0 unspecified atom stereocenters. The maximum absolute atomic E-state index is 12.3. The number of benzene rings is 1. The van der Waals surface area contributed by atoms with Gasteiger partial charge in [0.15, 0.2) is 0 Å². The minimum absolute atomic E-state index is 0.224. The van der Waals surface area contributed by atoms with Gasteiger partial charge in [0.25, 0.3) is 0 Å². The van der Waals surface area contributed by atoms with Crippen LogP contribution in [-0.4, -0.2) is 11.1 Å². The lowest BCUT2D eigenvalue weighted by atomic mass is 9.47. The third-order valence-corrected chi connectivity index (χ3v) is 5.57. The van der Waals surface area contributed by atoms with Gasteiger partial charge < -0.3 is 9.84 Å². The van der Waals surface area contributed by atoms with Crippen LogP contribution >= 0.6 is 0 Å². The van der Waals surface area contributed by atoms with Crippen molar-refractivity contribution < 1.29 is 14.6 Å². The van der Waals surface area contributed by atoms with Crippen molar-refractivity contribution >= 4 is 5.97 Å². The molecule has 2 fully saturated rings. The maximum Gasteiger partial charge on any atom is 0.317 e. The van der Waals surface area contributed by atoms with Crippen LogP contribution in [0.4, 0.5) is 0 Å². The van der Waals surface area contributed by atoms with Crippen molar-refractivity contribution in [2.75, 3.05) is 0 Å². The van der Waals surface area contributed by atoms with E-state index in [0.717, 1.165) is 24.8 Å². The van der Waals surface area contributed by atoms with Crippen LogP contribution in [0.5, 0.6) is 5.75 Å². The first-order valence-corrected chi connectivity index (χ1v) is 7.76. The Hall–Kier alpha value is -1.35. The molecule has 2 aliphatic carbocycles. The van der Waals surface area contributed by atoms with E-state index in [1.54, 1.807) is 6.07 Å². The van der Waals surface area contributed by atoms with Crippen LogP contribution in [0.1, 0.15) is 44.1 Å². The second-order valence-electron chi connectivity index (χ2n) is 6.48. The fourth-order valence-corrected chi connectivity index (χ4v) is 4.68. The highest BCUT2D eigenvalue weighted by atomic mass is 16.5. The first-order chi connectivity index (χ1) is 9.73. The predicted molar refractivity (Wildman–Crippen MR) is 74.1 cm³/mol. The average molecular weight is 272 g/mol. The molecule has 4 atom stereocenters. The van der Waals surface area contributed by atoms with Crippen molar-refractivity contribution in [3.05, 3.63) is 29.8 Å². The molecule has 1 aromatic carbocycles. The van der Waals surface area contributed by atoms with Gasteiger partial charge in [0.2, 0.25) is 0 Å². The second kappa shape index (κ2) is 4.32. The largest absolute Gasteiger partial charge is 0.426 e. The fraction of sp³-hybridized carbons (Fsp3) is 0.588. The molecule has 1 aromatic rings. The molecule has 1 aliphatic heterocycles. The third kappa shape index (κ3) is 1.47. The van der Waals surface area contributed by atoms with Crippen LogP contribution in [0, 0.1) is 17.8 Å². The smallest absolute Gasteiger partial charge is 0.317 e. The lowest BCUT2D eigenvalue weighted by molar-refractivity contribution is -0.229. The lowest BCUT2D eigenvalue weighted by Gasteiger charge is -2.60. The molecule has 4 rings (SSSR count). The number of hydrogen-bond donors (Lipinski definition) is 1. The Labute approximate surface area is 118 Å². The van der Waals surface area contributed by atoms with Crippen molar-refractivity contribution in [1.29, 1.82) is 0 Å². The Bertz CT molecular complexity index is 553. The molecule has 0 amide bonds. The topological polar surface area (TPSA) is 46.5 Å². The molecule has 106 valence electrons. The monoisotopic (exact) mass is 272 g/mol. The van der Waals surface area contributed by atoms with Gasteiger partial charge in [-0.25, -0.2) is 0 Å². The number of fused-ring (bicyclic) bond motifs is 6. The normalized spacial score (nSPS) is 39.2. The number of aliphatic hydroxyl groups is 1. The Morgan fingerprint density at radius 2 is 1.85 bits per heavy atom. The van der Waals surface area contributed by atoms with Crippen molar-refractivity contribution in [3.63, 3.8) is 0 Å². The van der Waals surface area contributed by atoms with E-state index in [9.17, 15) is 9.90 Å². The molecular weight excluding hydrogens is 252 g/mol. The summed E-state index contributed by atoms with van der Waals surface area (Å²) in [4.78, 5) is 12.3. The molecule has 2 saturated carbocycles. The van der Waals surface area contributed by atoms with Crippen LogP contribution in [0.2, 0.25) is 0 Å². The Balaban J connectivity index is 1.78. The molecule has 0 spiro atoms. The summed E-state index contributed by atoms with van der Waals surface area (Å²) in [6, 6.07) is 7.48. The van der Waals surface area contributed by atoms with Gasteiger partial charge in [-0.05, 0) is 30.7 Å². The summed E-state index contributed by atoms with van der Waals surface area (Å²) in [5.41, 5.74) is -0.153. The molecule has 3 nitrogen and oxygen atoms in total. The summed E-state index contributed by atoms with van der Waals surface area (Å²) in [7, 11) is 0. The fourth-order valence-electron chi connectivity index (χ4n) is 4.68. The first kappa shape index (κ1) is 12.4. The predicted octanol–water partition coefficient (Wildman–Crippen LogP) is 3.01. The molecule has 1 N–H and O–H groups in total. The summed E-state index contributed by atoms with van der Waals surface area (Å²) in [6.45, 7) is 0. The zero-order valence-electron chi connectivity index (χ0n) is 11.5. The van der Waals surface area contributed by atoms with Crippen molar-refractivity contribution in [1.82, 2.24) is 0 Å². The highest BCUT2D eigenvalue weighted by molar-refractivity contribution is 5.82. The van der Waals surface area contributed by atoms with Crippen LogP contribution in [0.15, 0.2) is 24.3 Å². The van der Waals surface area contributed by atoms with E-state index in [0.29, 0.717) is 11.7 Å². The second-order valence-corrected chi connectivity index (χ2v) is 6.48. The number of carbonyl (C=O) groups excluding carboxylic acids is 1. The minimum atomic E-state index is -0.978. The zero-order valence-corrected chi connectivity index (χ0v) is 11.5. The van der Waals surface area contributed by atoms with Gasteiger partial charge >= 0.3 is 5.97 Å². The molecule has 3 aliphatic rings. The van der Waals surface area contributed by atoms with Gasteiger partial charge in [0, 0.05) is 5.56 Å². The first-order valence-electron chi connectivity index (χ1n) is 7.76. The molecule has 1 heterocycles. The highest BCUT2D eigenvalue weighted by Gasteiger charge is 2.67. The minimum Gasteiger partial charge on any atom is -0.426 e. The number of esters is 1. The van der Waals surface area contributed by atoms with Crippen LogP contribution < -0.4 is 4.74 Å². The Kier molecular flexibility index (Phi) is 2.68. The van der Waals surface area contributed by atoms with E-state index in [1.807, 2.05) is 18.2 Å². The summed E-state index contributed by atoms with van der Waals surface area (Å²) >= 11 is 0. The summed E-state index contributed by atoms with van der Waals surface area (Å²) in [5, 5.41) is 11.3. The Morgan fingerprint density at radius 3 is 2.70 bits per heavy atom. The lowest BCUT2D eigenvalue weighted by Crippen LogP contribution is -2.65. The molecule has 0 radical (unpaired) electrons. The van der Waals surface area contributed by atoms with E-state index in [2.05, 4.69) is 0 Å². The number of carbonyl (C=O) groups is 1. The Morgan fingerprint density at radius 1 is 1.10 bits per heavy atom. The number of hydrogen-bond acceptors (Lipinski definition) is 3. The molecule has 0 aromatic heterocycles. The van der Waals surface area contributed by atoms with Crippen molar-refractivity contribution in [2.45, 2.75) is 44.1 Å². The van der Waals surface area contributed by atoms with E-state index < -0.39 is 5.60 Å². The van der Waals surface area contributed by atoms with Crippen LogP contribution in [0.25, 0.3) is 0 Å². The SMILES string of the molecule is O=C1Oc2ccccc2[C@]2(O)[C@@H]3CCCCCC[C@H]3[C@H]12. The number of para-hydroxylation sites is 1. The molecule has 0 bridgehead atoms. The van der Waals surface area contributed by atoms with Crippen molar-refractivity contribution in [2.24, 2.45) is 17.8 Å². The summed E-state index contributed by atoms with van der Waals surface area (Å²) in [6.07, 6.45) is 6.90. The van der Waals surface area contributed by atoms with Crippen LogP contribution in [-0.2, 0) is 10.4 Å². The van der Waals surface area contributed by atoms with Crippen molar-refractivity contribution in [3.8, 4) is 5.75 Å². The highest BCUT2D eigenvalue weighted by Crippen LogP contribution is 2.63. The van der Waals surface area contributed by atoms with Gasteiger partial charge in [-0.3, -0.25) is 4.79 Å². The van der Waals surface area contributed by atoms with Gasteiger partial charge in [0.05, 0.1) is 5.92 Å². The van der Waals surface area contributed by atoms with Gasteiger partial charge in [-0.15, -0.1) is 0 Å². The standard InChI is InChI=1S/C17H20O3/c18-16-15-11-7-3-1-2-4-8-12(11)17(15,19)13-9-5-6-10-14(13)20-16/h5-6,9-12,15,19H,1-4,7-8H2/t11-,12-,15-,17-/m1/s1. The van der Waals surface area contributed by atoms with Gasteiger partial charge in [-0.1, -0.05) is 43.9 Å². The molecular formula is C17H20O3. The summed E-state index contributed by atoms with van der Waals surface area (Å²) in [5.74, 6) is 0.508. The zero-order chi connectivity index (χ0) is 13.7.